The van der Waals surface area contributed by atoms with E-state index in [9.17, 15) is 4.79 Å². The maximum atomic E-state index is 13.1. The van der Waals surface area contributed by atoms with Crippen molar-refractivity contribution in [1.29, 1.82) is 0 Å². The molecule has 1 saturated carbocycles. The molecular formula is C16H24N2OS2. The molecule has 2 aliphatic rings. The van der Waals surface area contributed by atoms with Crippen molar-refractivity contribution in [3.05, 3.63) is 22.4 Å². The van der Waals surface area contributed by atoms with Crippen LogP contribution in [0.2, 0.25) is 0 Å². The zero-order valence-electron chi connectivity index (χ0n) is 13.0. The highest BCUT2D eigenvalue weighted by Gasteiger charge is 2.53. The standard InChI is InChI=1S/C16H24N2OS2/c1-15(2,20-3)11-18-13(12-6-9-21-10-12)17-16(14(18)19)7-4-5-8-16/h6,9-10,13,17H,4-5,7-8,11H2,1-3H3. The van der Waals surface area contributed by atoms with Crippen LogP contribution in [0.15, 0.2) is 16.8 Å². The summed E-state index contributed by atoms with van der Waals surface area (Å²) in [5.74, 6) is 0.318. The summed E-state index contributed by atoms with van der Waals surface area (Å²) in [4.78, 5) is 15.2. The molecule has 1 spiro atoms. The molecule has 1 N–H and O–H groups in total. The lowest BCUT2D eigenvalue weighted by Gasteiger charge is -2.32. The van der Waals surface area contributed by atoms with E-state index in [2.05, 4.69) is 47.1 Å². The number of rotatable bonds is 4. The highest BCUT2D eigenvalue weighted by Crippen LogP contribution is 2.42. The van der Waals surface area contributed by atoms with Crippen LogP contribution in [0, 0.1) is 0 Å². The van der Waals surface area contributed by atoms with Crippen LogP contribution in [0.25, 0.3) is 0 Å². The van der Waals surface area contributed by atoms with Gasteiger partial charge in [0.05, 0.1) is 5.54 Å². The molecule has 3 rings (SSSR count). The molecule has 1 unspecified atom stereocenters. The average Bonchev–Trinajstić information content (AvgIpc) is 3.17. The van der Waals surface area contributed by atoms with Gasteiger partial charge in [0.15, 0.2) is 0 Å². The molecule has 1 aliphatic heterocycles. The molecule has 1 atom stereocenters. The van der Waals surface area contributed by atoms with E-state index in [4.69, 9.17) is 0 Å². The lowest BCUT2D eigenvalue weighted by atomic mass is 9.98. The van der Waals surface area contributed by atoms with Crippen LogP contribution >= 0.6 is 23.1 Å². The number of hydrogen-bond acceptors (Lipinski definition) is 4. The third-order valence-electron chi connectivity index (χ3n) is 4.81. The van der Waals surface area contributed by atoms with E-state index < -0.39 is 0 Å². The molecule has 116 valence electrons. The Labute approximate surface area is 135 Å². The fourth-order valence-corrected chi connectivity index (χ4v) is 4.41. The summed E-state index contributed by atoms with van der Waals surface area (Å²) in [5, 5.41) is 7.95. The molecule has 1 amide bonds. The van der Waals surface area contributed by atoms with Gasteiger partial charge in [-0.2, -0.15) is 23.1 Å². The molecule has 2 heterocycles. The summed E-state index contributed by atoms with van der Waals surface area (Å²) in [6, 6.07) is 2.14. The zero-order chi connectivity index (χ0) is 15.1. The number of thiophene rings is 1. The van der Waals surface area contributed by atoms with Crippen molar-refractivity contribution in [1.82, 2.24) is 10.2 Å². The maximum Gasteiger partial charge on any atom is 0.244 e. The van der Waals surface area contributed by atoms with Gasteiger partial charge in [-0.3, -0.25) is 10.1 Å². The predicted molar refractivity (Wildman–Crippen MR) is 90.7 cm³/mol. The summed E-state index contributed by atoms with van der Waals surface area (Å²) >= 11 is 3.53. The minimum absolute atomic E-state index is 0.0493. The van der Waals surface area contributed by atoms with Crippen LogP contribution in [-0.4, -0.2) is 33.9 Å². The fourth-order valence-electron chi connectivity index (χ4n) is 3.46. The Balaban J connectivity index is 1.91. The molecule has 1 saturated heterocycles. The quantitative estimate of drug-likeness (QED) is 0.918. The molecule has 0 bridgehead atoms. The molecule has 0 aromatic carbocycles. The van der Waals surface area contributed by atoms with Crippen LogP contribution in [-0.2, 0) is 4.79 Å². The maximum absolute atomic E-state index is 13.1. The Bertz CT molecular complexity index is 506. The minimum atomic E-state index is -0.291. The molecule has 1 aliphatic carbocycles. The first kappa shape index (κ1) is 15.4. The largest absolute Gasteiger partial charge is 0.320 e. The van der Waals surface area contributed by atoms with Gasteiger partial charge in [0.1, 0.15) is 6.17 Å². The van der Waals surface area contributed by atoms with Gasteiger partial charge in [0.2, 0.25) is 5.91 Å². The third-order valence-corrected chi connectivity index (χ3v) is 6.75. The SMILES string of the molecule is CSC(C)(C)CN1C(=O)C2(CCCC2)NC1c1ccsc1. The van der Waals surface area contributed by atoms with Crippen LogP contribution in [0.1, 0.15) is 51.3 Å². The first-order valence-corrected chi connectivity index (χ1v) is 9.80. The van der Waals surface area contributed by atoms with E-state index in [1.807, 2.05) is 11.8 Å². The summed E-state index contributed by atoms with van der Waals surface area (Å²) in [6.07, 6.45) is 6.47. The van der Waals surface area contributed by atoms with E-state index in [0.717, 1.165) is 32.2 Å². The lowest BCUT2D eigenvalue weighted by Crippen LogP contribution is -2.45. The van der Waals surface area contributed by atoms with Crippen molar-refractivity contribution in [3.63, 3.8) is 0 Å². The number of hydrogen-bond donors (Lipinski definition) is 1. The molecule has 3 nitrogen and oxygen atoms in total. The molecular weight excluding hydrogens is 300 g/mol. The van der Waals surface area contributed by atoms with Crippen LogP contribution in [0.4, 0.5) is 0 Å². The average molecular weight is 325 g/mol. The van der Waals surface area contributed by atoms with Crippen LogP contribution < -0.4 is 5.32 Å². The summed E-state index contributed by atoms with van der Waals surface area (Å²) in [5.41, 5.74) is 0.940. The predicted octanol–water partition coefficient (Wildman–Crippen LogP) is 3.63. The van der Waals surface area contributed by atoms with Gasteiger partial charge in [0.25, 0.3) is 0 Å². The molecule has 1 aromatic rings. The van der Waals surface area contributed by atoms with Gasteiger partial charge in [-0.25, -0.2) is 0 Å². The van der Waals surface area contributed by atoms with Crippen molar-refractivity contribution < 1.29 is 4.79 Å². The second-order valence-electron chi connectivity index (χ2n) is 6.79. The topological polar surface area (TPSA) is 32.3 Å². The highest BCUT2D eigenvalue weighted by molar-refractivity contribution is 7.99. The monoisotopic (exact) mass is 324 g/mol. The Morgan fingerprint density at radius 1 is 1.48 bits per heavy atom. The van der Waals surface area contributed by atoms with Crippen molar-refractivity contribution >= 4 is 29.0 Å². The van der Waals surface area contributed by atoms with Gasteiger partial charge in [-0.15, -0.1) is 0 Å². The number of nitrogens with zero attached hydrogens (tertiary/aromatic N) is 1. The Morgan fingerprint density at radius 2 is 2.19 bits per heavy atom. The van der Waals surface area contributed by atoms with Gasteiger partial charge >= 0.3 is 0 Å². The minimum Gasteiger partial charge on any atom is -0.320 e. The summed E-state index contributed by atoms with van der Waals surface area (Å²) in [7, 11) is 0. The first-order chi connectivity index (χ1) is 9.97. The van der Waals surface area contributed by atoms with E-state index in [-0.39, 0.29) is 16.5 Å². The van der Waals surface area contributed by atoms with E-state index in [1.54, 1.807) is 11.3 Å². The normalized spacial score (nSPS) is 25.2. The van der Waals surface area contributed by atoms with E-state index in [1.165, 1.54) is 5.56 Å². The number of thioether (sulfide) groups is 1. The summed E-state index contributed by atoms with van der Waals surface area (Å²) < 4.78 is 0.0791. The number of carbonyl (C=O) groups is 1. The molecule has 0 radical (unpaired) electrons. The van der Waals surface area contributed by atoms with Gasteiger partial charge < -0.3 is 4.90 Å². The smallest absolute Gasteiger partial charge is 0.244 e. The van der Waals surface area contributed by atoms with Gasteiger partial charge in [-0.1, -0.05) is 12.8 Å². The summed E-state index contributed by atoms with van der Waals surface area (Å²) in [6.45, 7) is 5.23. The fraction of sp³-hybridized carbons (Fsp3) is 0.688. The Kier molecular flexibility index (Phi) is 4.10. The number of amides is 1. The van der Waals surface area contributed by atoms with Crippen molar-refractivity contribution in [3.8, 4) is 0 Å². The molecule has 2 fully saturated rings. The Hall–Kier alpha value is -0.520. The van der Waals surface area contributed by atoms with Crippen molar-refractivity contribution in [2.45, 2.75) is 56.0 Å². The molecule has 1 aromatic heterocycles. The zero-order valence-corrected chi connectivity index (χ0v) is 14.6. The van der Waals surface area contributed by atoms with E-state index in [0.29, 0.717) is 5.91 Å². The molecule has 5 heteroatoms. The van der Waals surface area contributed by atoms with Gasteiger partial charge in [-0.05, 0) is 55.3 Å². The van der Waals surface area contributed by atoms with Crippen molar-refractivity contribution in [2.24, 2.45) is 0 Å². The highest BCUT2D eigenvalue weighted by atomic mass is 32.2. The first-order valence-electron chi connectivity index (χ1n) is 7.63. The van der Waals surface area contributed by atoms with Crippen LogP contribution in [0.3, 0.4) is 0 Å². The lowest BCUT2D eigenvalue weighted by molar-refractivity contribution is -0.133. The van der Waals surface area contributed by atoms with Crippen LogP contribution in [0.5, 0.6) is 0 Å². The number of carbonyl (C=O) groups excluding carboxylic acids is 1. The number of nitrogens with one attached hydrogen (secondary N) is 1. The van der Waals surface area contributed by atoms with Gasteiger partial charge in [0, 0.05) is 11.3 Å². The van der Waals surface area contributed by atoms with E-state index >= 15 is 0 Å². The third kappa shape index (κ3) is 2.76. The van der Waals surface area contributed by atoms with Crippen molar-refractivity contribution in [2.75, 3.05) is 12.8 Å². The second-order valence-corrected chi connectivity index (χ2v) is 9.08. The Morgan fingerprint density at radius 3 is 2.76 bits per heavy atom. The molecule has 21 heavy (non-hydrogen) atoms. The second kappa shape index (κ2) is 5.60.